The second kappa shape index (κ2) is 7.73. The largest absolute Gasteiger partial charge is 0.482 e. The van der Waals surface area contributed by atoms with Crippen LogP contribution in [-0.2, 0) is 22.4 Å². The van der Waals surface area contributed by atoms with Crippen molar-refractivity contribution in [3.05, 3.63) is 65.2 Å². The Morgan fingerprint density at radius 3 is 2.62 bits per heavy atom. The zero-order valence-corrected chi connectivity index (χ0v) is 15.6. The standard InChI is InChI=1S/C22H25NO3/c1-22(2,3)26-21(24)15-25-18-9-10-19-17(14-18)11-12-23-20(19)13-16-7-5-4-6-8-16/h4-10,14H,11-13,15H2,1-3H3. The van der Waals surface area contributed by atoms with Crippen molar-refractivity contribution >= 4 is 11.7 Å². The van der Waals surface area contributed by atoms with Gasteiger partial charge in [-0.15, -0.1) is 0 Å². The summed E-state index contributed by atoms with van der Waals surface area (Å²) in [7, 11) is 0. The zero-order valence-electron chi connectivity index (χ0n) is 15.6. The van der Waals surface area contributed by atoms with Gasteiger partial charge in [-0.25, -0.2) is 4.79 Å². The Kier molecular flexibility index (Phi) is 5.40. The maximum absolute atomic E-state index is 11.8. The van der Waals surface area contributed by atoms with Crippen LogP contribution in [0.25, 0.3) is 0 Å². The lowest BCUT2D eigenvalue weighted by Crippen LogP contribution is -2.27. The Morgan fingerprint density at radius 2 is 1.88 bits per heavy atom. The molecule has 4 nitrogen and oxygen atoms in total. The van der Waals surface area contributed by atoms with E-state index in [4.69, 9.17) is 14.5 Å². The van der Waals surface area contributed by atoms with Crippen molar-refractivity contribution in [2.45, 2.75) is 39.2 Å². The number of hydrogen-bond acceptors (Lipinski definition) is 4. The molecule has 0 saturated carbocycles. The first kappa shape index (κ1) is 18.2. The first-order chi connectivity index (χ1) is 12.4. The van der Waals surface area contributed by atoms with Crippen molar-refractivity contribution in [3.63, 3.8) is 0 Å². The third kappa shape index (κ3) is 4.94. The second-order valence-corrected chi connectivity index (χ2v) is 7.43. The Balaban J connectivity index is 1.67. The third-order valence-electron chi connectivity index (χ3n) is 4.06. The lowest BCUT2D eigenvalue weighted by molar-refractivity contribution is -0.157. The van der Waals surface area contributed by atoms with Gasteiger partial charge in [-0.2, -0.15) is 0 Å². The van der Waals surface area contributed by atoms with Crippen LogP contribution in [0.4, 0.5) is 0 Å². The average molecular weight is 351 g/mol. The number of rotatable bonds is 5. The van der Waals surface area contributed by atoms with E-state index in [0.29, 0.717) is 5.75 Å². The van der Waals surface area contributed by atoms with Gasteiger partial charge < -0.3 is 9.47 Å². The van der Waals surface area contributed by atoms with Crippen LogP contribution in [0.5, 0.6) is 5.75 Å². The molecule has 0 bridgehead atoms. The van der Waals surface area contributed by atoms with E-state index in [9.17, 15) is 4.79 Å². The normalized spacial score (nSPS) is 13.6. The fraction of sp³-hybridized carbons (Fsp3) is 0.364. The molecule has 0 saturated heterocycles. The van der Waals surface area contributed by atoms with E-state index in [1.807, 2.05) is 57.2 Å². The number of nitrogens with zero attached hydrogens (tertiary/aromatic N) is 1. The van der Waals surface area contributed by atoms with Gasteiger partial charge in [0.1, 0.15) is 11.4 Å². The molecule has 0 aromatic heterocycles. The second-order valence-electron chi connectivity index (χ2n) is 7.43. The first-order valence-electron chi connectivity index (χ1n) is 8.96. The zero-order chi connectivity index (χ0) is 18.6. The highest BCUT2D eigenvalue weighted by Crippen LogP contribution is 2.24. The van der Waals surface area contributed by atoms with Crippen molar-refractivity contribution in [3.8, 4) is 5.75 Å². The van der Waals surface area contributed by atoms with E-state index >= 15 is 0 Å². The predicted molar refractivity (Wildman–Crippen MR) is 103 cm³/mol. The van der Waals surface area contributed by atoms with Crippen LogP contribution in [0.1, 0.15) is 37.5 Å². The van der Waals surface area contributed by atoms with Crippen LogP contribution < -0.4 is 4.74 Å². The summed E-state index contributed by atoms with van der Waals surface area (Å²) in [6.07, 6.45) is 1.71. The molecule has 0 fully saturated rings. The molecule has 0 N–H and O–H groups in total. The molecule has 0 atom stereocenters. The summed E-state index contributed by atoms with van der Waals surface area (Å²) in [6.45, 7) is 6.23. The number of hydrogen-bond donors (Lipinski definition) is 0. The third-order valence-corrected chi connectivity index (χ3v) is 4.06. The molecule has 136 valence electrons. The Morgan fingerprint density at radius 1 is 1.12 bits per heavy atom. The molecule has 1 aliphatic heterocycles. The van der Waals surface area contributed by atoms with Gasteiger partial charge in [-0.1, -0.05) is 30.3 Å². The van der Waals surface area contributed by atoms with Crippen LogP contribution >= 0.6 is 0 Å². The monoisotopic (exact) mass is 351 g/mol. The molecule has 0 amide bonds. The minimum atomic E-state index is -0.501. The summed E-state index contributed by atoms with van der Waals surface area (Å²) in [5, 5.41) is 0. The molecule has 1 aliphatic rings. The van der Waals surface area contributed by atoms with Gasteiger partial charge in [-0.05, 0) is 62.1 Å². The summed E-state index contributed by atoms with van der Waals surface area (Å²) in [4.78, 5) is 16.5. The highest BCUT2D eigenvalue weighted by atomic mass is 16.6. The van der Waals surface area contributed by atoms with Gasteiger partial charge in [0.05, 0.1) is 0 Å². The molecule has 3 rings (SSSR count). The van der Waals surface area contributed by atoms with E-state index in [1.54, 1.807) is 0 Å². The number of aliphatic imine (C=N–C) groups is 1. The molecule has 1 heterocycles. The van der Waals surface area contributed by atoms with E-state index < -0.39 is 5.60 Å². The van der Waals surface area contributed by atoms with Crippen LogP contribution in [0.3, 0.4) is 0 Å². The van der Waals surface area contributed by atoms with E-state index in [-0.39, 0.29) is 12.6 Å². The molecule has 2 aromatic rings. The number of fused-ring (bicyclic) bond motifs is 1. The Bertz CT molecular complexity index is 804. The van der Waals surface area contributed by atoms with Gasteiger partial charge >= 0.3 is 5.97 Å². The molecular weight excluding hydrogens is 326 g/mol. The predicted octanol–water partition coefficient (Wildman–Crippen LogP) is 4.00. The van der Waals surface area contributed by atoms with E-state index in [2.05, 4.69) is 12.1 Å². The lowest BCUT2D eigenvalue weighted by Gasteiger charge is -2.20. The summed E-state index contributed by atoms with van der Waals surface area (Å²) in [5.41, 5.74) is 4.25. The lowest BCUT2D eigenvalue weighted by atomic mass is 9.93. The Hall–Kier alpha value is -2.62. The van der Waals surface area contributed by atoms with Crippen LogP contribution in [-0.4, -0.2) is 30.4 Å². The van der Waals surface area contributed by atoms with Crippen molar-refractivity contribution in [1.82, 2.24) is 0 Å². The van der Waals surface area contributed by atoms with Gasteiger partial charge in [0.2, 0.25) is 0 Å². The molecule has 2 aromatic carbocycles. The van der Waals surface area contributed by atoms with E-state index in [1.165, 1.54) is 16.7 Å². The van der Waals surface area contributed by atoms with Crippen molar-refractivity contribution in [2.75, 3.05) is 13.2 Å². The van der Waals surface area contributed by atoms with Crippen LogP contribution in [0, 0.1) is 0 Å². The highest BCUT2D eigenvalue weighted by molar-refractivity contribution is 6.03. The summed E-state index contributed by atoms with van der Waals surface area (Å²) < 4.78 is 10.9. The highest BCUT2D eigenvalue weighted by Gasteiger charge is 2.18. The topological polar surface area (TPSA) is 47.9 Å². The fourth-order valence-electron chi connectivity index (χ4n) is 3.00. The first-order valence-corrected chi connectivity index (χ1v) is 8.96. The van der Waals surface area contributed by atoms with Crippen LogP contribution in [0.2, 0.25) is 0 Å². The minimum Gasteiger partial charge on any atom is -0.482 e. The summed E-state index contributed by atoms with van der Waals surface area (Å²) >= 11 is 0. The Labute approximate surface area is 154 Å². The molecular formula is C22H25NO3. The molecule has 0 radical (unpaired) electrons. The van der Waals surface area contributed by atoms with Crippen LogP contribution in [0.15, 0.2) is 53.5 Å². The molecule has 26 heavy (non-hydrogen) atoms. The number of benzene rings is 2. The van der Waals surface area contributed by atoms with E-state index in [0.717, 1.165) is 25.1 Å². The maximum atomic E-state index is 11.8. The SMILES string of the molecule is CC(C)(C)OC(=O)COc1ccc2c(c1)CCN=C2Cc1ccccc1. The molecule has 0 aliphatic carbocycles. The summed E-state index contributed by atoms with van der Waals surface area (Å²) in [5.74, 6) is 0.331. The number of ether oxygens (including phenoxy) is 2. The van der Waals surface area contributed by atoms with Crippen molar-refractivity contribution in [2.24, 2.45) is 4.99 Å². The fourth-order valence-corrected chi connectivity index (χ4v) is 3.00. The van der Waals surface area contributed by atoms with Crippen molar-refractivity contribution < 1.29 is 14.3 Å². The van der Waals surface area contributed by atoms with Gasteiger partial charge in [0.25, 0.3) is 0 Å². The quantitative estimate of drug-likeness (QED) is 0.765. The summed E-state index contributed by atoms with van der Waals surface area (Å²) in [6, 6.07) is 16.3. The number of carbonyl (C=O) groups is 1. The average Bonchev–Trinajstić information content (AvgIpc) is 2.59. The molecule has 4 heteroatoms. The molecule has 0 unspecified atom stereocenters. The van der Waals surface area contributed by atoms with Gasteiger partial charge in [0.15, 0.2) is 6.61 Å². The van der Waals surface area contributed by atoms with Gasteiger partial charge in [0, 0.05) is 18.7 Å². The molecule has 0 spiro atoms. The number of carbonyl (C=O) groups excluding carboxylic acids is 1. The van der Waals surface area contributed by atoms with Crippen molar-refractivity contribution in [1.29, 1.82) is 0 Å². The number of esters is 1. The van der Waals surface area contributed by atoms with Gasteiger partial charge in [-0.3, -0.25) is 4.99 Å². The maximum Gasteiger partial charge on any atom is 0.344 e. The smallest absolute Gasteiger partial charge is 0.344 e. The minimum absolute atomic E-state index is 0.0823.